The van der Waals surface area contributed by atoms with Crippen molar-refractivity contribution in [2.75, 3.05) is 6.61 Å². The van der Waals surface area contributed by atoms with Crippen LogP contribution in [0.5, 0.6) is 0 Å². The van der Waals surface area contributed by atoms with Crippen molar-refractivity contribution in [2.24, 2.45) is 0 Å². The minimum absolute atomic E-state index is 0.0990. The van der Waals surface area contributed by atoms with E-state index >= 15 is 0 Å². The van der Waals surface area contributed by atoms with E-state index in [1.807, 2.05) is 6.08 Å². The summed E-state index contributed by atoms with van der Waals surface area (Å²) in [7, 11) is 0. The first-order chi connectivity index (χ1) is 18.7. The first kappa shape index (κ1) is 36.1. The standard InChI is InChI=1S/C34H59NO3/c1-3-5-7-9-11-13-15-17-18-20-22-24-26-28-30-34(38)35-32(31-36)33(37)29-27-25-23-21-19-16-14-12-10-8-6-4-2/h9-12,15,17,19,21,27,29,32-33,36-37H,3-8,13-14,16,18,20,22-26,28,30-31H2,1-2H3,(H,35,38)/b11-9-,12-10+,17-15-,21-19+,29-27+. The SMILES string of the molecule is CCCC/C=C\C/C=C\CCCCCCCC(=O)NC(CO)C(O)/C=C/CC/C=C/CC/C=C/CCCC. The smallest absolute Gasteiger partial charge is 0.220 e. The molecule has 4 heteroatoms. The van der Waals surface area contributed by atoms with Gasteiger partial charge in [0, 0.05) is 6.42 Å². The van der Waals surface area contributed by atoms with Crippen molar-refractivity contribution >= 4 is 5.91 Å². The fourth-order valence-electron chi connectivity index (χ4n) is 3.97. The quantitative estimate of drug-likeness (QED) is 0.0775. The lowest BCUT2D eigenvalue weighted by atomic mass is 10.1. The molecule has 0 saturated carbocycles. The number of nitrogens with one attached hydrogen (secondary N) is 1. The summed E-state index contributed by atoms with van der Waals surface area (Å²) in [6.07, 6.45) is 40.0. The second kappa shape index (κ2) is 29.6. The van der Waals surface area contributed by atoms with Crippen molar-refractivity contribution in [3.05, 3.63) is 60.8 Å². The number of allylic oxidation sites excluding steroid dienone is 9. The number of rotatable bonds is 26. The summed E-state index contributed by atoms with van der Waals surface area (Å²) in [6.45, 7) is 4.16. The van der Waals surface area contributed by atoms with Crippen LogP contribution in [0.25, 0.3) is 0 Å². The molecule has 4 nitrogen and oxygen atoms in total. The van der Waals surface area contributed by atoms with Crippen LogP contribution in [-0.4, -0.2) is 34.9 Å². The third-order valence-corrected chi connectivity index (χ3v) is 6.45. The monoisotopic (exact) mass is 529 g/mol. The molecule has 0 aromatic carbocycles. The van der Waals surface area contributed by atoms with E-state index in [0.717, 1.165) is 57.8 Å². The van der Waals surface area contributed by atoms with Gasteiger partial charge in [0.1, 0.15) is 0 Å². The molecule has 1 amide bonds. The summed E-state index contributed by atoms with van der Waals surface area (Å²) in [6, 6.07) is -0.651. The maximum absolute atomic E-state index is 12.2. The van der Waals surface area contributed by atoms with Crippen molar-refractivity contribution in [1.29, 1.82) is 0 Å². The number of unbranched alkanes of at least 4 members (excludes halogenated alkanes) is 11. The van der Waals surface area contributed by atoms with Gasteiger partial charge in [-0.25, -0.2) is 0 Å². The minimum atomic E-state index is -0.874. The van der Waals surface area contributed by atoms with Gasteiger partial charge in [-0.2, -0.15) is 0 Å². The summed E-state index contributed by atoms with van der Waals surface area (Å²) < 4.78 is 0. The van der Waals surface area contributed by atoms with E-state index in [2.05, 4.69) is 67.8 Å². The van der Waals surface area contributed by atoms with E-state index in [-0.39, 0.29) is 12.5 Å². The van der Waals surface area contributed by atoms with Crippen LogP contribution in [0.15, 0.2) is 60.8 Å². The molecule has 0 saturated heterocycles. The first-order valence-corrected chi connectivity index (χ1v) is 15.5. The van der Waals surface area contributed by atoms with Crippen LogP contribution >= 0.6 is 0 Å². The molecule has 0 aliphatic carbocycles. The van der Waals surface area contributed by atoms with E-state index in [1.165, 1.54) is 51.4 Å². The molecule has 0 fully saturated rings. The fourth-order valence-corrected chi connectivity index (χ4v) is 3.97. The van der Waals surface area contributed by atoms with Crippen LogP contribution in [0.1, 0.15) is 129 Å². The predicted octanol–water partition coefficient (Wildman–Crippen LogP) is 8.67. The summed E-state index contributed by atoms with van der Waals surface area (Å²) in [5, 5.41) is 22.7. The van der Waals surface area contributed by atoms with Gasteiger partial charge >= 0.3 is 0 Å². The Morgan fingerprint density at radius 1 is 0.632 bits per heavy atom. The summed E-state index contributed by atoms with van der Waals surface area (Å²) in [5.74, 6) is -0.0990. The molecule has 0 radical (unpaired) electrons. The molecule has 0 bridgehead atoms. The zero-order valence-corrected chi connectivity index (χ0v) is 24.7. The number of hydrogen-bond donors (Lipinski definition) is 3. The molecule has 38 heavy (non-hydrogen) atoms. The van der Waals surface area contributed by atoms with Gasteiger partial charge in [0.25, 0.3) is 0 Å². The molecular weight excluding hydrogens is 470 g/mol. The van der Waals surface area contributed by atoms with Gasteiger partial charge < -0.3 is 15.5 Å². The van der Waals surface area contributed by atoms with E-state index in [0.29, 0.717) is 6.42 Å². The Balaban J connectivity index is 3.81. The van der Waals surface area contributed by atoms with E-state index in [1.54, 1.807) is 6.08 Å². The molecule has 0 aliphatic heterocycles. The normalized spacial score (nSPS) is 14.1. The van der Waals surface area contributed by atoms with Crippen molar-refractivity contribution in [3.8, 4) is 0 Å². The highest BCUT2D eigenvalue weighted by atomic mass is 16.3. The Morgan fingerprint density at radius 2 is 1.11 bits per heavy atom. The zero-order chi connectivity index (χ0) is 27.9. The second-order valence-electron chi connectivity index (χ2n) is 10.1. The Labute approximate surface area is 235 Å². The van der Waals surface area contributed by atoms with Gasteiger partial charge in [-0.1, -0.05) is 120 Å². The average Bonchev–Trinajstić information content (AvgIpc) is 2.92. The van der Waals surface area contributed by atoms with Gasteiger partial charge in [-0.05, 0) is 64.2 Å². The predicted molar refractivity (Wildman–Crippen MR) is 165 cm³/mol. The molecule has 3 N–H and O–H groups in total. The Bertz CT molecular complexity index is 663. The molecule has 2 atom stereocenters. The maximum atomic E-state index is 12.2. The lowest BCUT2D eigenvalue weighted by Gasteiger charge is -2.19. The maximum Gasteiger partial charge on any atom is 0.220 e. The highest BCUT2D eigenvalue weighted by molar-refractivity contribution is 5.76. The molecule has 0 rings (SSSR count). The molecule has 2 unspecified atom stereocenters. The topological polar surface area (TPSA) is 69.6 Å². The number of carbonyl (C=O) groups is 1. The first-order valence-electron chi connectivity index (χ1n) is 15.5. The second-order valence-corrected chi connectivity index (χ2v) is 10.1. The van der Waals surface area contributed by atoms with E-state index in [4.69, 9.17) is 0 Å². The third-order valence-electron chi connectivity index (χ3n) is 6.45. The lowest BCUT2D eigenvalue weighted by molar-refractivity contribution is -0.123. The highest BCUT2D eigenvalue weighted by Gasteiger charge is 2.17. The van der Waals surface area contributed by atoms with Crippen LogP contribution < -0.4 is 5.32 Å². The van der Waals surface area contributed by atoms with Crippen LogP contribution in [0.3, 0.4) is 0 Å². The van der Waals surface area contributed by atoms with Gasteiger partial charge in [0.05, 0.1) is 18.8 Å². The van der Waals surface area contributed by atoms with Crippen LogP contribution in [0.4, 0.5) is 0 Å². The Morgan fingerprint density at radius 3 is 1.68 bits per heavy atom. The van der Waals surface area contributed by atoms with Crippen molar-refractivity contribution in [2.45, 2.75) is 142 Å². The molecule has 218 valence electrons. The zero-order valence-electron chi connectivity index (χ0n) is 24.7. The summed E-state index contributed by atoms with van der Waals surface area (Å²) in [4.78, 5) is 12.2. The molecular formula is C34H59NO3. The lowest BCUT2D eigenvalue weighted by Crippen LogP contribution is -2.45. The molecule has 0 heterocycles. The summed E-state index contributed by atoms with van der Waals surface area (Å²) in [5.41, 5.74) is 0. The van der Waals surface area contributed by atoms with Crippen molar-refractivity contribution < 1.29 is 15.0 Å². The largest absolute Gasteiger partial charge is 0.394 e. The molecule has 0 aromatic heterocycles. The van der Waals surface area contributed by atoms with Gasteiger partial charge in [0.15, 0.2) is 0 Å². The summed E-state index contributed by atoms with van der Waals surface area (Å²) >= 11 is 0. The molecule has 0 aromatic rings. The van der Waals surface area contributed by atoms with Crippen LogP contribution in [0.2, 0.25) is 0 Å². The number of aliphatic hydroxyl groups excluding tert-OH is 2. The van der Waals surface area contributed by atoms with Crippen LogP contribution in [-0.2, 0) is 4.79 Å². The van der Waals surface area contributed by atoms with E-state index < -0.39 is 12.1 Å². The third kappa shape index (κ3) is 25.7. The number of amides is 1. The van der Waals surface area contributed by atoms with Gasteiger partial charge in [-0.15, -0.1) is 0 Å². The minimum Gasteiger partial charge on any atom is -0.394 e. The van der Waals surface area contributed by atoms with Crippen LogP contribution in [0, 0.1) is 0 Å². The van der Waals surface area contributed by atoms with Crippen molar-refractivity contribution in [1.82, 2.24) is 5.32 Å². The van der Waals surface area contributed by atoms with Crippen molar-refractivity contribution in [3.63, 3.8) is 0 Å². The Hall–Kier alpha value is -1.91. The average molecular weight is 530 g/mol. The van der Waals surface area contributed by atoms with Gasteiger partial charge in [0.2, 0.25) is 5.91 Å². The molecule has 0 aliphatic rings. The number of carbonyl (C=O) groups excluding carboxylic acids is 1. The highest BCUT2D eigenvalue weighted by Crippen LogP contribution is 2.09. The molecule has 0 spiro atoms. The number of aliphatic hydroxyl groups is 2. The van der Waals surface area contributed by atoms with Gasteiger partial charge in [-0.3, -0.25) is 4.79 Å². The fraction of sp³-hybridized carbons (Fsp3) is 0.676. The Kier molecular flexibility index (Phi) is 28.2. The number of hydrogen-bond acceptors (Lipinski definition) is 3. The van der Waals surface area contributed by atoms with E-state index in [9.17, 15) is 15.0 Å².